The average molecular weight is 377 g/mol. The maximum absolute atomic E-state index is 12.3. The van der Waals surface area contributed by atoms with E-state index in [0.29, 0.717) is 10.8 Å². The lowest BCUT2D eigenvalue weighted by molar-refractivity contribution is -0.116. The third-order valence-electron chi connectivity index (χ3n) is 3.90. The molecule has 6 heteroatoms. The highest BCUT2D eigenvalue weighted by Gasteiger charge is 2.17. The van der Waals surface area contributed by atoms with E-state index in [-0.39, 0.29) is 11.8 Å². The predicted molar refractivity (Wildman–Crippen MR) is 110 cm³/mol. The van der Waals surface area contributed by atoms with Crippen molar-refractivity contribution in [3.63, 3.8) is 0 Å². The molecular weight excluding hydrogens is 358 g/mol. The highest BCUT2D eigenvalue weighted by molar-refractivity contribution is 7.14. The van der Waals surface area contributed by atoms with E-state index in [1.165, 1.54) is 24.3 Å². The first kappa shape index (κ1) is 18.5. The van der Waals surface area contributed by atoms with E-state index >= 15 is 0 Å². The molecule has 0 aliphatic carbocycles. The lowest BCUT2D eigenvalue weighted by atomic mass is 10.3. The Balaban J connectivity index is 1.76. The number of carbonyl (C=O) groups excluding carboxylic acids is 2. The molecule has 0 spiro atoms. The minimum atomic E-state index is -0.151. The van der Waals surface area contributed by atoms with E-state index in [1.807, 2.05) is 66.0 Å². The zero-order chi connectivity index (χ0) is 19.2. The summed E-state index contributed by atoms with van der Waals surface area (Å²) < 4.78 is 0. The Morgan fingerprint density at radius 1 is 0.963 bits per heavy atom. The van der Waals surface area contributed by atoms with Crippen molar-refractivity contribution in [2.45, 2.75) is 6.92 Å². The summed E-state index contributed by atoms with van der Waals surface area (Å²) in [4.78, 5) is 32.0. The Morgan fingerprint density at radius 3 is 2.15 bits per heavy atom. The van der Waals surface area contributed by atoms with Gasteiger partial charge in [-0.3, -0.25) is 14.5 Å². The zero-order valence-corrected chi connectivity index (χ0v) is 15.9. The molecule has 0 aliphatic heterocycles. The van der Waals surface area contributed by atoms with Gasteiger partial charge in [0.2, 0.25) is 5.91 Å². The molecule has 0 bridgehead atoms. The van der Waals surface area contributed by atoms with Crippen LogP contribution in [0, 0.1) is 0 Å². The first-order valence-electron chi connectivity index (χ1n) is 8.38. The van der Waals surface area contributed by atoms with E-state index in [0.717, 1.165) is 11.4 Å². The van der Waals surface area contributed by atoms with Gasteiger partial charge in [-0.15, -0.1) is 11.3 Å². The van der Waals surface area contributed by atoms with Crippen LogP contribution in [-0.4, -0.2) is 23.8 Å². The summed E-state index contributed by atoms with van der Waals surface area (Å²) in [6, 6.07) is 18.8. The second-order valence-electron chi connectivity index (χ2n) is 5.81. The molecule has 1 heterocycles. The number of para-hydroxylation sites is 2. The van der Waals surface area contributed by atoms with Crippen molar-refractivity contribution >= 4 is 45.7 Å². The molecule has 0 saturated heterocycles. The molecule has 5 nitrogen and oxygen atoms in total. The maximum Gasteiger partial charge on any atom is 0.250 e. The molecule has 0 unspecified atom stereocenters. The largest absolute Gasteiger partial charge is 0.312 e. The van der Waals surface area contributed by atoms with Crippen LogP contribution in [0.4, 0.5) is 16.5 Å². The van der Waals surface area contributed by atoms with Crippen molar-refractivity contribution in [2.24, 2.45) is 0 Å². The van der Waals surface area contributed by atoms with Crippen LogP contribution in [0.1, 0.15) is 12.6 Å². The van der Waals surface area contributed by atoms with Crippen molar-refractivity contribution in [2.75, 3.05) is 16.8 Å². The molecular formula is C21H19N3O2S. The van der Waals surface area contributed by atoms with Gasteiger partial charge < -0.3 is 4.90 Å². The minimum Gasteiger partial charge on any atom is -0.312 e. The van der Waals surface area contributed by atoms with Gasteiger partial charge in [0.15, 0.2) is 5.13 Å². The summed E-state index contributed by atoms with van der Waals surface area (Å²) in [5.74, 6) is -0.270. The lowest BCUT2D eigenvalue weighted by Crippen LogP contribution is -2.23. The fourth-order valence-electron chi connectivity index (χ4n) is 2.51. The second-order valence-corrected chi connectivity index (χ2v) is 6.65. The topological polar surface area (TPSA) is 53.5 Å². The molecule has 0 fully saturated rings. The SMILES string of the molecule is CC(=O)N(c1ccccc1)c1nc(/C=C/C(=O)N(C)c2ccccc2)cs1. The van der Waals surface area contributed by atoms with Gasteiger partial charge in [-0.2, -0.15) is 0 Å². The van der Waals surface area contributed by atoms with Crippen molar-refractivity contribution in [3.05, 3.63) is 77.8 Å². The number of carbonyl (C=O) groups is 2. The number of likely N-dealkylation sites (N-methyl/N-ethyl adjacent to an activating group) is 1. The van der Waals surface area contributed by atoms with E-state index in [4.69, 9.17) is 0 Å². The van der Waals surface area contributed by atoms with Crippen molar-refractivity contribution in [1.82, 2.24) is 4.98 Å². The normalized spacial score (nSPS) is 10.7. The molecule has 2 aromatic carbocycles. The third kappa shape index (κ3) is 4.48. The van der Waals surface area contributed by atoms with Gasteiger partial charge in [0.05, 0.1) is 11.4 Å². The molecule has 0 saturated carbocycles. The van der Waals surface area contributed by atoms with E-state index in [2.05, 4.69) is 4.98 Å². The molecule has 2 amide bonds. The van der Waals surface area contributed by atoms with Crippen LogP contribution in [-0.2, 0) is 9.59 Å². The van der Waals surface area contributed by atoms with E-state index in [9.17, 15) is 9.59 Å². The second kappa shape index (κ2) is 8.42. The Hall–Kier alpha value is -3.25. The highest BCUT2D eigenvalue weighted by Crippen LogP contribution is 2.29. The molecule has 3 rings (SSSR count). The first-order valence-corrected chi connectivity index (χ1v) is 9.26. The van der Waals surface area contributed by atoms with Crippen LogP contribution in [0.2, 0.25) is 0 Å². The van der Waals surface area contributed by atoms with Gasteiger partial charge in [0.1, 0.15) is 0 Å². The van der Waals surface area contributed by atoms with Crippen LogP contribution < -0.4 is 9.80 Å². The van der Waals surface area contributed by atoms with Crippen molar-refractivity contribution < 1.29 is 9.59 Å². The quantitative estimate of drug-likeness (QED) is 0.615. The monoisotopic (exact) mass is 377 g/mol. The van der Waals surface area contributed by atoms with Gasteiger partial charge in [-0.05, 0) is 30.3 Å². The summed E-state index contributed by atoms with van der Waals surface area (Å²) in [6.07, 6.45) is 3.14. The van der Waals surface area contributed by atoms with Crippen LogP contribution in [0.15, 0.2) is 72.1 Å². The third-order valence-corrected chi connectivity index (χ3v) is 4.75. The number of nitrogens with zero attached hydrogens (tertiary/aromatic N) is 3. The number of amides is 2. The van der Waals surface area contributed by atoms with Crippen molar-refractivity contribution in [3.8, 4) is 0 Å². The van der Waals surface area contributed by atoms with Gasteiger partial charge in [-0.1, -0.05) is 36.4 Å². The van der Waals surface area contributed by atoms with Gasteiger partial charge >= 0.3 is 0 Å². The smallest absolute Gasteiger partial charge is 0.250 e. The summed E-state index contributed by atoms with van der Waals surface area (Å²) in [7, 11) is 1.72. The fourth-order valence-corrected chi connectivity index (χ4v) is 3.36. The summed E-state index contributed by atoms with van der Waals surface area (Å²) in [5.41, 5.74) is 2.21. The van der Waals surface area contributed by atoms with Crippen LogP contribution in [0.25, 0.3) is 6.08 Å². The lowest BCUT2D eigenvalue weighted by Gasteiger charge is -2.17. The van der Waals surface area contributed by atoms with Gasteiger partial charge in [0.25, 0.3) is 5.91 Å². The molecule has 0 radical (unpaired) electrons. The van der Waals surface area contributed by atoms with Crippen LogP contribution in [0.5, 0.6) is 0 Å². The number of rotatable bonds is 5. The van der Waals surface area contributed by atoms with Crippen LogP contribution >= 0.6 is 11.3 Å². The van der Waals surface area contributed by atoms with Crippen LogP contribution in [0.3, 0.4) is 0 Å². The Morgan fingerprint density at radius 2 is 1.56 bits per heavy atom. The van der Waals surface area contributed by atoms with E-state index in [1.54, 1.807) is 22.9 Å². The summed E-state index contributed by atoms with van der Waals surface area (Å²) >= 11 is 1.36. The molecule has 0 N–H and O–H groups in total. The number of hydrogen-bond donors (Lipinski definition) is 0. The minimum absolute atomic E-state index is 0.119. The number of hydrogen-bond acceptors (Lipinski definition) is 4. The Kier molecular flexibility index (Phi) is 5.78. The number of aromatic nitrogens is 1. The molecule has 1 aromatic heterocycles. The molecule has 27 heavy (non-hydrogen) atoms. The standard InChI is InChI=1S/C21H19N3O2S/c1-16(25)24(19-11-7-4-8-12-19)21-22-17(15-27-21)13-14-20(26)23(2)18-9-5-3-6-10-18/h3-15H,1-2H3/b14-13+. The Bertz CT molecular complexity index is 952. The summed E-state index contributed by atoms with van der Waals surface area (Å²) in [6.45, 7) is 1.50. The fraction of sp³-hybridized carbons (Fsp3) is 0.0952. The number of anilines is 3. The Labute approximate surface area is 162 Å². The first-order chi connectivity index (χ1) is 13.1. The highest BCUT2D eigenvalue weighted by atomic mass is 32.1. The van der Waals surface area contributed by atoms with Gasteiger partial charge in [-0.25, -0.2) is 4.98 Å². The molecule has 3 aromatic rings. The van der Waals surface area contributed by atoms with E-state index < -0.39 is 0 Å². The molecule has 136 valence electrons. The van der Waals surface area contributed by atoms with Crippen molar-refractivity contribution in [1.29, 1.82) is 0 Å². The number of benzene rings is 2. The molecule has 0 atom stereocenters. The maximum atomic E-state index is 12.3. The number of thiazole rings is 1. The summed E-state index contributed by atoms with van der Waals surface area (Å²) in [5, 5.41) is 2.39. The average Bonchev–Trinajstić information content (AvgIpc) is 3.15. The zero-order valence-electron chi connectivity index (χ0n) is 15.1. The molecule has 0 aliphatic rings. The predicted octanol–water partition coefficient (Wildman–Crippen LogP) is 4.50. The van der Waals surface area contributed by atoms with Gasteiger partial charge in [0, 0.05) is 31.1 Å².